The van der Waals surface area contributed by atoms with E-state index in [2.05, 4.69) is 17.6 Å². The van der Waals surface area contributed by atoms with Gasteiger partial charge in [-0.25, -0.2) is 13.6 Å². The molecule has 0 fully saturated rings. The summed E-state index contributed by atoms with van der Waals surface area (Å²) in [5.41, 5.74) is -4.54. The van der Waals surface area contributed by atoms with E-state index in [1.807, 2.05) is 0 Å². The third-order valence-corrected chi connectivity index (χ3v) is 11.0. The van der Waals surface area contributed by atoms with E-state index in [1.165, 1.54) is 73.8 Å². The van der Waals surface area contributed by atoms with Crippen molar-refractivity contribution in [2.24, 2.45) is 0 Å². The molecule has 0 radical (unpaired) electrons. The molecule has 14 heteroatoms. The highest BCUT2D eigenvalue weighted by molar-refractivity contribution is 6.31. The highest BCUT2D eigenvalue weighted by Gasteiger charge is 2.61. The number of rotatable bonds is 15. The molecule has 3 amide bonds. The normalized spacial score (nSPS) is 17.8. The SMILES string of the molecule is CCCCCCCCCCCCCCn1c(=O)ccc2c3c(c(NC(=O)N4CC(O)(C(F)(F)F)c5cc(F)ccc54)cc21)C(c1cc(F)ccc1Cl)NC3=O. The summed E-state index contributed by atoms with van der Waals surface area (Å²) < 4.78 is 72.9. The Kier molecular flexibility index (Phi) is 12.2. The lowest BCUT2D eigenvalue weighted by atomic mass is 9.93. The number of anilines is 2. The second-order valence-electron chi connectivity index (χ2n) is 14.5. The first-order valence-electron chi connectivity index (χ1n) is 18.9. The van der Waals surface area contributed by atoms with Gasteiger partial charge in [0.05, 0.1) is 35.0 Å². The molecule has 294 valence electrons. The first-order valence-corrected chi connectivity index (χ1v) is 19.3. The number of hydrogen-bond acceptors (Lipinski definition) is 4. The van der Waals surface area contributed by atoms with Gasteiger partial charge in [0.25, 0.3) is 11.5 Å². The summed E-state index contributed by atoms with van der Waals surface area (Å²) in [7, 11) is 0. The molecule has 2 unspecified atom stereocenters. The third-order valence-electron chi connectivity index (χ3n) is 10.7. The van der Waals surface area contributed by atoms with Crippen molar-refractivity contribution in [3.8, 4) is 0 Å². The van der Waals surface area contributed by atoms with E-state index >= 15 is 0 Å². The molecule has 3 N–H and O–H groups in total. The first-order chi connectivity index (χ1) is 26.2. The number of amides is 3. The van der Waals surface area contributed by atoms with Crippen LogP contribution in [0.5, 0.6) is 0 Å². The standard InChI is InChI=1S/C41H44ClF5N4O4/c1-2-3-4-5-6-7-8-9-10-11-12-13-20-50-33-23-31(48-39(54)51-24-40(55,41(45,46)47)29-22-26(44)15-18-32(29)51)36-35(27(33)16-19-34(50)52)38(53)49-37(36)28-21-25(43)14-17-30(28)42/h14-19,21-23,37,55H,2-13,20,24H2,1H3,(H,48,54)(H,49,53). The fourth-order valence-electron chi connectivity index (χ4n) is 7.77. The Hall–Kier alpha value is -4.49. The Morgan fingerprint density at radius 2 is 1.51 bits per heavy atom. The zero-order valence-corrected chi connectivity index (χ0v) is 31.3. The topological polar surface area (TPSA) is 104 Å². The van der Waals surface area contributed by atoms with E-state index in [4.69, 9.17) is 11.6 Å². The maximum atomic E-state index is 14.6. The number of benzene rings is 3. The fourth-order valence-corrected chi connectivity index (χ4v) is 8.00. The van der Waals surface area contributed by atoms with Crippen LogP contribution < -0.4 is 21.1 Å². The molecule has 55 heavy (non-hydrogen) atoms. The van der Waals surface area contributed by atoms with E-state index in [0.717, 1.165) is 49.9 Å². The van der Waals surface area contributed by atoms with E-state index < -0.39 is 53.5 Å². The van der Waals surface area contributed by atoms with Crippen LogP contribution in [0.3, 0.4) is 0 Å². The van der Waals surface area contributed by atoms with Gasteiger partial charge >= 0.3 is 12.2 Å². The van der Waals surface area contributed by atoms with E-state index in [0.29, 0.717) is 34.8 Å². The van der Waals surface area contributed by atoms with Crippen molar-refractivity contribution >= 4 is 45.8 Å². The summed E-state index contributed by atoms with van der Waals surface area (Å²) in [6.45, 7) is 1.22. The molecule has 0 saturated heterocycles. The lowest BCUT2D eigenvalue weighted by Crippen LogP contribution is -2.48. The van der Waals surface area contributed by atoms with Crippen molar-refractivity contribution in [2.75, 3.05) is 16.8 Å². The van der Waals surface area contributed by atoms with Gasteiger partial charge in [-0.15, -0.1) is 0 Å². The number of aromatic nitrogens is 1. The van der Waals surface area contributed by atoms with Gasteiger partial charge < -0.3 is 20.3 Å². The molecule has 0 saturated carbocycles. The molecular weight excluding hydrogens is 743 g/mol. The number of β-amino-alcohol motifs (C(OH)–C–C–N with tert-alkyl or cyclic N) is 1. The summed E-state index contributed by atoms with van der Waals surface area (Å²) in [5, 5.41) is 16.7. The average molecular weight is 787 g/mol. The summed E-state index contributed by atoms with van der Waals surface area (Å²) in [5.74, 6) is -2.30. The molecule has 2 aliphatic heterocycles. The number of nitrogens with one attached hydrogen (secondary N) is 2. The van der Waals surface area contributed by atoms with Crippen LogP contribution in [0.15, 0.2) is 59.4 Å². The van der Waals surface area contributed by atoms with Crippen LogP contribution in [0.1, 0.15) is 117 Å². The second kappa shape index (κ2) is 16.7. The lowest BCUT2D eigenvalue weighted by Gasteiger charge is -2.27. The van der Waals surface area contributed by atoms with E-state index in [-0.39, 0.29) is 38.6 Å². The van der Waals surface area contributed by atoms with Crippen molar-refractivity contribution < 1.29 is 36.6 Å². The predicted molar refractivity (Wildman–Crippen MR) is 203 cm³/mol. The smallest absolute Gasteiger partial charge is 0.375 e. The number of aliphatic hydroxyl groups is 1. The summed E-state index contributed by atoms with van der Waals surface area (Å²) in [6, 6.07) is 7.99. The van der Waals surface area contributed by atoms with E-state index in [9.17, 15) is 41.4 Å². The number of halogens is 6. The fraction of sp³-hybridized carbons (Fsp3) is 0.439. The Morgan fingerprint density at radius 1 is 0.891 bits per heavy atom. The van der Waals surface area contributed by atoms with Crippen molar-refractivity contribution in [2.45, 2.75) is 108 Å². The van der Waals surface area contributed by atoms with Gasteiger partial charge in [0.2, 0.25) is 5.60 Å². The Balaban J connectivity index is 1.31. The highest BCUT2D eigenvalue weighted by Crippen LogP contribution is 2.49. The number of urea groups is 1. The number of hydrogen-bond donors (Lipinski definition) is 3. The Morgan fingerprint density at radius 3 is 2.16 bits per heavy atom. The van der Waals surface area contributed by atoms with Crippen LogP contribution in [0.4, 0.5) is 38.1 Å². The molecule has 0 spiro atoms. The number of unbranched alkanes of at least 4 members (excludes halogenated alkanes) is 11. The van der Waals surface area contributed by atoms with Crippen molar-refractivity contribution in [3.63, 3.8) is 0 Å². The zero-order chi connectivity index (χ0) is 39.5. The van der Waals surface area contributed by atoms with Crippen LogP contribution >= 0.6 is 11.6 Å². The minimum Gasteiger partial charge on any atom is -0.375 e. The molecule has 6 rings (SSSR count). The van der Waals surface area contributed by atoms with Gasteiger partial charge in [-0.05, 0) is 55.0 Å². The monoisotopic (exact) mass is 786 g/mol. The first kappa shape index (κ1) is 40.2. The maximum Gasteiger partial charge on any atom is 0.423 e. The molecule has 0 bridgehead atoms. The molecule has 0 aliphatic carbocycles. The molecule has 2 aliphatic rings. The Bertz CT molecular complexity index is 2140. The van der Waals surface area contributed by atoms with Gasteiger partial charge in [0, 0.05) is 39.7 Å². The van der Waals surface area contributed by atoms with Crippen molar-refractivity contribution in [3.05, 3.63) is 104 Å². The van der Waals surface area contributed by atoms with Gasteiger partial charge in [-0.3, -0.25) is 14.5 Å². The van der Waals surface area contributed by atoms with Crippen LogP contribution in [0.2, 0.25) is 5.02 Å². The predicted octanol–water partition coefficient (Wildman–Crippen LogP) is 10.3. The zero-order valence-electron chi connectivity index (χ0n) is 30.5. The summed E-state index contributed by atoms with van der Waals surface area (Å²) in [4.78, 5) is 41.7. The molecule has 3 heterocycles. The van der Waals surface area contributed by atoms with Gasteiger partial charge in [-0.1, -0.05) is 89.2 Å². The van der Waals surface area contributed by atoms with E-state index in [1.54, 1.807) is 0 Å². The van der Waals surface area contributed by atoms with Gasteiger partial charge in [0.1, 0.15) is 11.6 Å². The average Bonchev–Trinajstić information content (AvgIpc) is 3.65. The van der Waals surface area contributed by atoms with Crippen LogP contribution in [0.25, 0.3) is 10.9 Å². The van der Waals surface area contributed by atoms with Crippen molar-refractivity contribution in [1.29, 1.82) is 0 Å². The summed E-state index contributed by atoms with van der Waals surface area (Å²) >= 11 is 6.48. The Labute approximate surface area is 320 Å². The van der Waals surface area contributed by atoms with Gasteiger partial charge in [0.15, 0.2) is 0 Å². The number of carbonyl (C=O) groups excluding carboxylic acids is 2. The molecular formula is C41H44ClF5N4O4. The number of nitrogens with zero attached hydrogens (tertiary/aromatic N) is 2. The number of carbonyl (C=O) groups is 2. The van der Waals surface area contributed by atoms with Crippen molar-refractivity contribution in [1.82, 2.24) is 9.88 Å². The largest absolute Gasteiger partial charge is 0.423 e. The maximum absolute atomic E-state index is 14.6. The number of aryl methyl sites for hydroxylation is 1. The second-order valence-corrected chi connectivity index (χ2v) is 14.9. The molecule has 2 atom stereocenters. The number of fused-ring (bicyclic) bond motifs is 4. The molecule has 1 aromatic heterocycles. The molecule has 3 aromatic carbocycles. The lowest BCUT2D eigenvalue weighted by molar-refractivity contribution is -0.258. The quantitative estimate of drug-likeness (QED) is 0.0825. The van der Waals surface area contributed by atoms with Crippen LogP contribution in [0, 0.1) is 11.6 Å². The van der Waals surface area contributed by atoms with Crippen LogP contribution in [-0.2, 0) is 12.1 Å². The van der Waals surface area contributed by atoms with Crippen LogP contribution in [-0.4, -0.2) is 34.3 Å². The number of pyridine rings is 1. The summed E-state index contributed by atoms with van der Waals surface area (Å²) in [6.07, 6.45) is 8.17. The number of alkyl halides is 3. The third kappa shape index (κ3) is 8.23. The molecule has 4 aromatic rings. The minimum absolute atomic E-state index is 0.0590. The molecule has 8 nitrogen and oxygen atoms in total. The minimum atomic E-state index is -5.27. The highest BCUT2D eigenvalue weighted by atomic mass is 35.5. The van der Waals surface area contributed by atoms with Gasteiger partial charge in [-0.2, -0.15) is 13.2 Å².